The van der Waals surface area contributed by atoms with E-state index in [1.807, 2.05) is 65.6 Å². The molecule has 0 aliphatic carbocycles. The Hall–Kier alpha value is -3.05. The van der Waals surface area contributed by atoms with Crippen molar-refractivity contribution in [3.05, 3.63) is 83.8 Å². The van der Waals surface area contributed by atoms with Crippen molar-refractivity contribution in [1.82, 2.24) is 4.90 Å². The van der Waals surface area contributed by atoms with Gasteiger partial charge in [-0.3, -0.25) is 4.79 Å². The van der Waals surface area contributed by atoms with Crippen LogP contribution in [0.15, 0.2) is 71.3 Å². The number of carbonyl (C=O) groups excluding carboxylic acids is 1. The Kier molecular flexibility index (Phi) is 3.84. The van der Waals surface area contributed by atoms with E-state index in [1.54, 1.807) is 6.26 Å². The van der Waals surface area contributed by atoms with Gasteiger partial charge in [0.1, 0.15) is 22.9 Å². The Labute approximate surface area is 174 Å². The minimum atomic E-state index is -1.00. The predicted molar refractivity (Wildman–Crippen MR) is 110 cm³/mol. The molecule has 152 valence electrons. The summed E-state index contributed by atoms with van der Waals surface area (Å²) in [6.07, 6.45) is 4.44. The molecule has 4 heterocycles. The van der Waals surface area contributed by atoms with E-state index < -0.39 is 5.60 Å². The highest BCUT2D eigenvalue weighted by molar-refractivity contribution is 5.90. The summed E-state index contributed by atoms with van der Waals surface area (Å²) in [5.41, 5.74) is 0.817. The Morgan fingerprint density at radius 2 is 1.50 bits per heavy atom. The van der Waals surface area contributed by atoms with Crippen LogP contribution in [0.25, 0.3) is 0 Å². The number of furan rings is 1. The molecule has 2 aromatic carbocycles. The summed E-state index contributed by atoms with van der Waals surface area (Å²) in [6, 6.07) is 19.3. The zero-order chi connectivity index (χ0) is 20.3. The molecule has 2 fully saturated rings. The molecule has 0 saturated carbocycles. The predicted octanol–water partition coefficient (Wildman–Crippen LogP) is 4.56. The second-order valence-electron chi connectivity index (χ2n) is 8.66. The molecule has 5 heteroatoms. The lowest BCUT2D eigenvalue weighted by atomic mass is 9.81. The summed E-state index contributed by atoms with van der Waals surface area (Å²) in [6.45, 7) is 0. The highest BCUT2D eigenvalue weighted by Crippen LogP contribution is 2.50. The molecular formula is C25H23NO4. The smallest absolute Gasteiger partial charge is 0.235 e. The van der Waals surface area contributed by atoms with Gasteiger partial charge in [0, 0.05) is 36.1 Å². The first-order valence-electron chi connectivity index (χ1n) is 10.6. The Balaban J connectivity index is 1.38. The van der Waals surface area contributed by atoms with Crippen molar-refractivity contribution in [2.24, 2.45) is 0 Å². The molecule has 3 aliphatic rings. The Bertz CT molecular complexity index is 1050. The molecule has 1 aromatic heterocycles. The van der Waals surface area contributed by atoms with E-state index in [1.165, 1.54) is 0 Å². The van der Waals surface area contributed by atoms with Crippen molar-refractivity contribution in [2.45, 2.75) is 49.3 Å². The molecule has 1 N–H and O–H groups in total. The summed E-state index contributed by atoms with van der Waals surface area (Å²) >= 11 is 0. The molecule has 3 aliphatic heterocycles. The van der Waals surface area contributed by atoms with Crippen LogP contribution in [-0.4, -0.2) is 28.0 Å². The fraction of sp³-hybridized carbons (Fsp3) is 0.320. The molecule has 1 amide bonds. The van der Waals surface area contributed by atoms with E-state index in [2.05, 4.69) is 0 Å². The maximum Gasteiger partial charge on any atom is 0.235 e. The van der Waals surface area contributed by atoms with E-state index >= 15 is 0 Å². The molecule has 6 rings (SSSR count). The molecule has 2 bridgehead atoms. The van der Waals surface area contributed by atoms with Crippen LogP contribution in [0.1, 0.15) is 48.5 Å². The van der Waals surface area contributed by atoms with Gasteiger partial charge < -0.3 is 19.2 Å². The van der Waals surface area contributed by atoms with Gasteiger partial charge in [-0.05, 0) is 37.1 Å². The molecule has 0 radical (unpaired) electrons. The van der Waals surface area contributed by atoms with Crippen molar-refractivity contribution >= 4 is 5.91 Å². The number of nitrogens with zero attached hydrogens (tertiary/aromatic N) is 1. The van der Waals surface area contributed by atoms with Gasteiger partial charge in [0.05, 0.1) is 12.2 Å². The van der Waals surface area contributed by atoms with Crippen LogP contribution in [-0.2, 0) is 10.4 Å². The number of carbonyl (C=O) groups is 1. The molecule has 30 heavy (non-hydrogen) atoms. The lowest BCUT2D eigenvalue weighted by Gasteiger charge is -2.44. The van der Waals surface area contributed by atoms with Crippen LogP contribution in [0.4, 0.5) is 0 Å². The summed E-state index contributed by atoms with van der Waals surface area (Å²) in [7, 11) is 0. The summed E-state index contributed by atoms with van der Waals surface area (Å²) in [5, 5.41) is 11.3. The highest BCUT2D eigenvalue weighted by atomic mass is 16.5. The number of hydrogen-bond donors (Lipinski definition) is 1. The monoisotopic (exact) mass is 401 g/mol. The number of rotatable bonds is 2. The molecule has 0 spiro atoms. The van der Waals surface area contributed by atoms with Crippen LogP contribution in [0.2, 0.25) is 0 Å². The summed E-state index contributed by atoms with van der Waals surface area (Å²) in [4.78, 5) is 16.0. The van der Waals surface area contributed by atoms with Crippen LogP contribution in [0, 0.1) is 0 Å². The number of amides is 1. The third kappa shape index (κ3) is 2.55. The second-order valence-corrected chi connectivity index (χ2v) is 8.66. The minimum Gasteiger partial charge on any atom is -0.466 e. The third-order valence-electron chi connectivity index (χ3n) is 6.93. The van der Waals surface area contributed by atoms with Gasteiger partial charge in [0.2, 0.25) is 5.91 Å². The van der Waals surface area contributed by atoms with Gasteiger partial charge in [0.15, 0.2) is 0 Å². The SMILES string of the molecule is O=C(C1c2ccccc2Oc2ccccc21)N1[C@@H]2CC[C@@H]1CC(O)(c1ccco1)C2. The van der Waals surface area contributed by atoms with Gasteiger partial charge >= 0.3 is 0 Å². The molecule has 3 aromatic rings. The van der Waals surface area contributed by atoms with Crippen molar-refractivity contribution in [1.29, 1.82) is 0 Å². The topological polar surface area (TPSA) is 62.9 Å². The molecule has 0 unspecified atom stereocenters. The van der Waals surface area contributed by atoms with Crippen molar-refractivity contribution < 1.29 is 19.1 Å². The van der Waals surface area contributed by atoms with Crippen molar-refractivity contribution in [2.75, 3.05) is 0 Å². The lowest BCUT2D eigenvalue weighted by molar-refractivity contribution is -0.144. The Morgan fingerprint density at radius 1 is 0.900 bits per heavy atom. The van der Waals surface area contributed by atoms with Gasteiger partial charge in [-0.25, -0.2) is 0 Å². The Morgan fingerprint density at radius 3 is 2.07 bits per heavy atom. The van der Waals surface area contributed by atoms with Crippen LogP contribution < -0.4 is 4.74 Å². The first-order valence-corrected chi connectivity index (χ1v) is 10.6. The van der Waals surface area contributed by atoms with E-state index in [9.17, 15) is 9.90 Å². The average Bonchev–Trinajstić information content (AvgIpc) is 3.40. The number of aliphatic hydroxyl groups is 1. The number of ether oxygens (including phenoxy) is 1. The lowest BCUT2D eigenvalue weighted by Crippen LogP contribution is -2.53. The van der Waals surface area contributed by atoms with E-state index in [4.69, 9.17) is 9.15 Å². The van der Waals surface area contributed by atoms with Crippen molar-refractivity contribution in [3.8, 4) is 11.5 Å². The maximum absolute atomic E-state index is 14.0. The molecular weight excluding hydrogens is 378 g/mol. The normalized spacial score (nSPS) is 27.3. The van der Waals surface area contributed by atoms with Gasteiger partial charge in [-0.2, -0.15) is 0 Å². The van der Waals surface area contributed by atoms with Crippen LogP contribution in [0.5, 0.6) is 11.5 Å². The number of piperidine rings is 1. The van der Waals surface area contributed by atoms with Gasteiger partial charge in [0.25, 0.3) is 0 Å². The number of para-hydroxylation sites is 2. The first kappa shape index (κ1) is 17.8. The quantitative estimate of drug-likeness (QED) is 0.684. The van der Waals surface area contributed by atoms with E-state index in [0.29, 0.717) is 18.6 Å². The minimum absolute atomic E-state index is 0.00789. The molecule has 2 atom stereocenters. The first-order chi connectivity index (χ1) is 14.6. The highest BCUT2D eigenvalue weighted by Gasteiger charge is 2.52. The maximum atomic E-state index is 14.0. The van der Waals surface area contributed by atoms with E-state index in [0.717, 1.165) is 35.5 Å². The third-order valence-corrected chi connectivity index (χ3v) is 6.93. The van der Waals surface area contributed by atoms with Gasteiger partial charge in [-0.15, -0.1) is 0 Å². The number of hydrogen-bond acceptors (Lipinski definition) is 4. The fourth-order valence-corrected chi connectivity index (χ4v) is 5.65. The summed E-state index contributed by atoms with van der Waals surface area (Å²) in [5.74, 6) is 1.81. The van der Waals surface area contributed by atoms with Gasteiger partial charge in [-0.1, -0.05) is 36.4 Å². The van der Waals surface area contributed by atoms with Crippen LogP contribution >= 0.6 is 0 Å². The standard InChI is InChI=1S/C25H23NO4/c27-24(23-18-6-1-3-8-20(18)30-21-9-4-2-7-19(21)23)26-16-11-12-17(26)15-25(28,14-16)22-10-5-13-29-22/h1-10,13,16-17,23,28H,11-12,14-15H2/t16-,17-/m1/s1. The zero-order valence-electron chi connectivity index (χ0n) is 16.5. The number of fused-ring (bicyclic) bond motifs is 4. The average molecular weight is 401 g/mol. The fourth-order valence-electron chi connectivity index (χ4n) is 5.65. The second kappa shape index (κ2) is 6.47. The van der Waals surface area contributed by atoms with E-state index in [-0.39, 0.29) is 23.9 Å². The largest absolute Gasteiger partial charge is 0.466 e. The molecule has 2 saturated heterocycles. The molecule has 5 nitrogen and oxygen atoms in total. The zero-order valence-corrected chi connectivity index (χ0v) is 16.5. The van der Waals surface area contributed by atoms with Crippen molar-refractivity contribution in [3.63, 3.8) is 0 Å². The summed E-state index contributed by atoms with van der Waals surface area (Å²) < 4.78 is 11.6. The number of benzene rings is 2. The van der Waals surface area contributed by atoms with Crippen LogP contribution in [0.3, 0.4) is 0 Å².